The Morgan fingerprint density at radius 3 is 2.11 bits per heavy atom. The topological polar surface area (TPSA) is 177 Å². The van der Waals surface area contributed by atoms with E-state index in [4.69, 9.17) is 15.6 Å². The highest BCUT2D eigenvalue weighted by Crippen LogP contribution is 2.29. The zero-order chi connectivity index (χ0) is 29.1. The van der Waals surface area contributed by atoms with Gasteiger partial charge in [0.2, 0.25) is 17.7 Å². The first-order valence-electron chi connectivity index (χ1n) is 13.1. The number of amides is 3. The molecule has 13 heteroatoms. The van der Waals surface area contributed by atoms with Crippen molar-refractivity contribution in [1.29, 1.82) is 0 Å². The Hall–Kier alpha value is -1.99. The number of aliphatic carboxylic acids is 1. The number of nitrogens with one attached hydrogen (secondary N) is 3. The quantitative estimate of drug-likeness (QED) is 0.0770. The number of hydrogen-bond acceptors (Lipinski definition) is 9. The van der Waals surface area contributed by atoms with E-state index < -0.39 is 35.3 Å². The zero-order valence-corrected chi connectivity index (χ0v) is 24.9. The number of carboxylic acid groups (broad SMARTS) is 1. The number of ether oxygens (including phenoxy) is 1. The summed E-state index contributed by atoms with van der Waals surface area (Å²) in [5.74, 6) is -1.19. The first-order chi connectivity index (χ1) is 17.9. The molecule has 0 fully saturated rings. The lowest BCUT2D eigenvalue weighted by molar-refractivity contribution is -0.154. The van der Waals surface area contributed by atoms with Crippen molar-refractivity contribution in [2.45, 2.75) is 85.2 Å². The Morgan fingerprint density at radius 2 is 1.55 bits per heavy atom. The summed E-state index contributed by atoms with van der Waals surface area (Å²) in [6.45, 7) is 9.97. The van der Waals surface area contributed by atoms with Crippen molar-refractivity contribution in [3.8, 4) is 0 Å². The van der Waals surface area contributed by atoms with Gasteiger partial charge in [-0.3, -0.25) is 24.0 Å². The molecule has 6 N–H and O–H groups in total. The Labute approximate surface area is 234 Å². The molecule has 0 bridgehead atoms. The van der Waals surface area contributed by atoms with Crippen LogP contribution >= 0.6 is 21.6 Å². The summed E-state index contributed by atoms with van der Waals surface area (Å²) in [5, 5.41) is 16.8. The third-order valence-corrected chi connectivity index (χ3v) is 8.30. The van der Waals surface area contributed by atoms with E-state index in [0.717, 1.165) is 17.9 Å². The number of nitrogens with two attached hydrogens (primary N) is 1. The van der Waals surface area contributed by atoms with Crippen LogP contribution in [0.3, 0.4) is 0 Å². The predicted octanol–water partition coefficient (Wildman–Crippen LogP) is 2.08. The van der Waals surface area contributed by atoms with Crippen LogP contribution in [0.2, 0.25) is 0 Å². The van der Waals surface area contributed by atoms with E-state index in [1.54, 1.807) is 42.4 Å². The number of carbonyl (C=O) groups excluding carboxylic acids is 4. The smallest absolute Gasteiger partial charge is 0.320 e. The van der Waals surface area contributed by atoms with E-state index in [9.17, 15) is 24.0 Å². The van der Waals surface area contributed by atoms with Crippen molar-refractivity contribution in [3.63, 3.8) is 0 Å². The van der Waals surface area contributed by atoms with E-state index in [1.165, 1.54) is 0 Å². The van der Waals surface area contributed by atoms with Gasteiger partial charge < -0.3 is 31.5 Å². The number of esters is 1. The van der Waals surface area contributed by atoms with Gasteiger partial charge >= 0.3 is 11.9 Å². The molecule has 0 aromatic heterocycles. The minimum atomic E-state index is -1.19. The molecule has 0 aromatic rings. The van der Waals surface area contributed by atoms with Crippen LogP contribution in [-0.2, 0) is 28.7 Å². The zero-order valence-electron chi connectivity index (χ0n) is 23.3. The predicted molar refractivity (Wildman–Crippen MR) is 151 cm³/mol. The van der Waals surface area contributed by atoms with Crippen LogP contribution in [0.1, 0.15) is 73.1 Å². The first-order valence-corrected chi connectivity index (χ1v) is 15.6. The van der Waals surface area contributed by atoms with Gasteiger partial charge in [0.25, 0.3) is 0 Å². The molecule has 220 valence electrons. The fourth-order valence-electron chi connectivity index (χ4n) is 3.36. The molecule has 0 heterocycles. The van der Waals surface area contributed by atoms with Crippen LogP contribution in [0.4, 0.5) is 0 Å². The van der Waals surface area contributed by atoms with Crippen molar-refractivity contribution in [3.05, 3.63) is 0 Å². The molecule has 3 unspecified atom stereocenters. The van der Waals surface area contributed by atoms with Gasteiger partial charge in [-0.05, 0) is 46.0 Å². The Balaban J connectivity index is 4.47. The average Bonchev–Trinajstić information content (AvgIpc) is 2.88. The molecule has 0 aliphatic heterocycles. The molecular formula is C25H46N4O7S2. The maximum Gasteiger partial charge on any atom is 0.320 e. The van der Waals surface area contributed by atoms with Crippen molar-refractivity contribution >= 4 is 51.2 Å². The number of hydrogen-bond donors (Lipinski definition) is 5. The highest BCUT2D eigenvalue weighted by Gasteiger charge is 2.34. The third kappa shape index (κ3) is 15.4. The van der Waals surface area contributed by atoms with Gasteiger partial charge in [-0.1, -0.05) is 42.4 Å². The van der Waals surface area contributed by atoms with Gasteiger partial charge in [-0.15, -0.1) is 0 Å². The van der Waals surface area contributed by atoms with Crippen LogP contribution in [-0.4, -0.2) is 78.1 Å². The van der Waals surface area contributed by atoms with Crippen LogP contribution in [0.25, 0.3) is 0 Å². The van der Waals surface area contributed by atoms with Gasteiger partial charge in [-0.25, -0.2) is 0 Å². The van der Waals surface area contributed by atoms with Gasteiger partial charge in [-0.2, -0.15) is 0 Å². The maximum atomic E-state index is 12.7. The third-order valence-electron chi connectivity index (χ3n) is 5.73. The largest absolute Gasteiger partial charge is 0.480 e. The molecular weight excluding hydrogens is 532 g/mol. The lowest BCUT2D eigenvalue weighted by atomic mass is 9.81. The standard InChI is InChI=1S/C25H46N4O7S2/c1-6-14-37-38-15-13-36-24(35)25(4,5)16-17(7-2)21(31)27-11-12-28-22(32)19(8-3)29-20(30)10-9-18(26)23(33)34/h17-19H,6-16,26H2,1-5H3,(H,27,31)(H,28,32)(H,29,30)(H,33,34). The van der Waals surface area contributed by atoms with E-state index >= 15 is 0 Å². The molecule has 0 aromatic carbocycles. The minimum absolute atomic E-state index is 0.0321. The summed E-state index contributed by atoms with van der Waals surface area (Å²) in [6, 6.07) is -1.92. The highest BCUT2D eigenvalue weighted by atomic mass is 33.1. The van der Waals surface area contributed by atoms with Crippen LogP contribution < -0.4 is 21.7 Å². The Kier molecular flexibility index (Phi) is 18.9. The first kappa shape index (κ1) is 36.0. The molecule has 0 radical (unpaired) electrons. The second-order valence-corrected chi connectivity index (χ2v) is 12.3. The molecule has 0 aliphatic rings. The second-order valence-electron chi connectivity index (χ2n) is 9.57. The second kappa shape index (κ2) is 20.0. The summed E-state index contributed by atoms with van der Waals surface area (Å²) in [7, 11) is 3.43. The minimum Gasteiger partial charge on any atom is -0.480 e. The maximum absolute atomic E-state index is 12.7. The van der Waals surface area contributed by atoms with E-state index in [0.29, 0.717) is 25.9 Å². The lowest BCUT2D eigenvalue weighted by Gasteiger charge is -2.27. The van der Waals surface area contributed by atoms with Gasteiger partial charge in [0, 0.05) is 36.9 Å². The molecule has 0 saturated carbocycles. The number of rotatable bonds is 21. The number of carbonyl (C=O) groups is 5. The molecule has 0 aliphatic carbocycles. The highest BCUT2D eigenvalue weighted by molar-refractivity contribution is 8.76. The van der Waals surface area contributed by atoms with Crippen LogP contribution in [0.15, 0.2) is 0 Å². The van der Waals surface area contributed by atoms with E-state index in [1.807, 2.05) is 6.92 Å². The van der Waals surface area contributed by atoms with Crippen LogP contribution in [0, 0.1) is 11.3 Å². The summed E-state index contributed by atoms with van der Waals surface area (Å²) in [6.07, 6.45) is 2.19. The summed E-state index contributed by atoms with van der Waals surface area (Å²) < 4.78 is 5.42. The summed E-state index contributed by atoms with van der Waals surface area (Å²) in [5.41, 5.74) is 4.58. The van der Waals surface area contributed by atoms with E-state index in [-0.39, 0.29) is 43.7 Å². The fourth-order valence-corrected chi connectivity index (χ4v) is 5.32. The van der Waals surface area contributed by atoms with Gasteiger partial charge in [0.05, 0.1) is 5.41 Å². The monoisotopic (exact) mass is 578 g/mol. The average molecular weight is 579 g/mol. The van der Waals surface area contributed by atoms with Crippen molar-refractivity contribution in [1.82, 2.24) is 16.0 Å². The molecule has 0 rings (SSSR count). The molecule has 3 amide bonds. The lowest BCUT2D eigenvalue weighted by Crippen LogP contribution is -2.48. The Bertz CT molecular complexity index is 768. The number of carboxylic acids is 1. The summed E-state index contributed by atoms with van der Waals surface area (Å²) in [4.78, 5) is 60.4. The molecule has 0 saturated heterocycles. The molecule has 3 atom stereocenters. The molecule has 11 nitrogen and oxygen atoms in total. The summed E-state index contributed by atoms with van der Waals surface area (Å²) >= 11 is 0. The van der Waals surface area contributed by atoms with Crippen molar-refractivity contribution in [2.75, 3.05) is 31.2 Å². The fraction of sp³-hybridized carbons (Fsp3) is 0.800. The SMILES string of the molecule is CCCSSCCOC(=O)C(C)(C)CC(CC)C(=O)NCCNC(=O)C(CC)NC(=O)CCC(N)C(=O)O. The van der Waals surface area contributed by atoms with Crippen LogP contribution in [0.5, 0.6) is 0 Å². The normalized spacial score (nSPS) is 13.6. The molecule has 0 spiro atoms. The van der Waals surface area contributed by atoms with Gasteiger partial charge in [0.1, 0.15) is 18.7 Å². The Morgan fingerprint density at radius 1 is 0.947 bits per heavy atom. The van der Waals surface area contributed by atoms with E-state index in [2.05, 4.69) is 22.9 Å². The van der Waals surface area contributed by atoms with Crippen molar-refractivity contribution < 1.29 is 33.8 Å². The van der Waals surface area contributed by atoms with Gasteiger partial charge in [0.15, 0.2) is 0 Å². The van der Waals surface area contributed by atoms with Crippen molar-refractivity contribution in [2.24, 2.45) is 17.1 Å². The molecule has 38 heavy (non-hydrogen) atoms.